The first-order valence-corrected chi connectivity index (χ1v) is 11.3. The standard InChI is InChI=1S/C22H41NO6/c1-2-3-4-11-14-18(24)15-12-9-7-5-6-8-10-13-16-20(25)23-19(22(28)29)17-21(26)27/h18-19,24H,2-17H2,1H3,(H,23,25)(H,26,27)(H,28,29). The molecular formula is C22H41NO6. The third kappa shape index (κ3) is 18.2. The Morgan fingerprint density at radius 2 is 1.24 bits per heavy atom. The quantitative estimate of drug-likeness (QED) is 0.220. The number of unbranched alkanes of at least 4 members (excludes halogenated alkanes) is 10. The second kappa shape index (κ2) is 18.4. The molecule has 0 bridgehead atoms. The van der Waals surface area contributed by atoms with Gasteiger partial charge in [-0.2, -0.15) is 0 Å². The molecule has 0 aliphatic heterocycles. The molecule has 0 spiro atoms. The minimum atomic E-state index is -1.37. The fraction of sp³-hybridized carbons (Fsp3) is 0.864. The zero-order valence-corrected chi connectivity index (χ0v) is 18.0. The molecule has 29 heavy (non-hydrogen) atoms. The molecular weight excluding hydrogens is 374 g/mol. The fourth-order valence-electron chi connectivity index (χ4n) is 3.32. The van der Waals surface area contributed by atoms with Crippen molar-refractivity contribution in [1.82, 2.24) is 5.32 Å². The van der Waals surface area contributed by atoms with Crippen molar-refractivity contribution in [2.75, 3.05) is 0 Å². The molecule has 1 amide bonds. The van der Waals surface area contributed by atoms with E-state index in [2.05, 4.69) is 12.2 Å². The number of carboxylic acids is 2. The largest absolute Gasteiger partial charge is 0.481 e. The topological polar surface area (TPSA) is 124 Å². The molecule has 0 aromatic heterocycles. The minimum Gasteiger partial charge on any atom is -0.481 e. The molecule has 0 heterocycles. The van der Waals surface area contributed by atoms with Gasteiger partial charge in [0, 0.05) is 6.42 Å². The summed E-state index contributed by atoms with van der Waals surface area (Å²) in [7, 11) is 0. The van der Waals surface area contributed by atoms with E-state index in [1.807, 2.05) is 0 Å². The molecule has 7 nitrogen and oxygen atoms in total. The highest BCUT2D eigenvalue weighted by Crippen LogP contribution is 2.14. The first-order chi connectivity index (χ1) is 13.9. The molecule has 7 heteroatoms. The van der Waals surface area contributed by atoms with Crippen molar-refractivity contribution in [2.24, 2.45) is 0 Å². The van der Waals surface area contributed by atoms with Crippen molar-refractivity contribution in [2.45, 2.75) is 122 Å². The molecule has 0 aliphatic carbocycles. The van der Waals surface area contributed by atoms with Crippen molar-refractivity contribution in [3.8, 4) is 0 Å². The van der Waals surface area contributed by atoms with Gasteiger partial charge in [0.1, 0.15) is 6.04 Å². The first kappa shape index (κ1) is 27.4. The molecule has 170 valence electrons. The van der Waals surface area contributed by atoms with Gasteiger partial charge in [-0.15, -0.1) is 0 Å². The van der Waals surface area contributed by atoms with E-state index in [9.17, 15) is 19.5 Å². The highest BCUT2D eigenvalue weighted by Gasteiger charge is 2.22. The second-order valence-electron chi connectivity index (χ2n) is 7.93. The number of hydrogen-bond acceptors (Lipinski definition) is 4. The lowest BCUT2D eigenvalue weighted by Gasteiger charge is -2.12. The van der Waals surface area contributed by atoms with Gasteiger partial charge in [-0.1, -0.05) is 77.6 Å². The summed E-state index contributed by atoms with van der Waals surface area (Å²) in [6, 6.07) is -1.37. The Bertz CT molecular complexity index is 455. The summed E-state index contributed by atoms with van der Waals surface area (Å²) in [6.07, 6.45) is 14.4. The first-order valence-electron chi connectivity index (χ1n) is 11.3. The number of carboxylic acid groups (broad SMARTS) is 2. The summed E-state index contributed by atoms with van der Waals surface area (Å²) in [6.45, 7) is 2.19. The SMILES string of the molecule is CCCCCCC(O)CCCCCCCCCCC(=O)NC(CC(=O)O)C(=O)O. The fourth-order valence-corrected chi connectivity index (χ4v) is 3.32. The van der Waals surface area contributed by atoms with Crippen LogP contribution in [0.1, 0.15) is 110 Å². The molecule has 0 aromatic rings. The molecule has 0 aliphatic rings. The summed E-state index contributed by atoms with van der Waals surface area (Å²) in [5, 5.41) is 29.7. The number of nitrogens with one attached hydrogen (secondary N) is 1. The third-order valence-electron chi connectivity index (χ3n) is 5.09. The maximum absolute atomic E-state index is 11.7. The lowest BCUT2D eigenvalue weighted by Crippen LogP contribution is -2.42. The van der Waals surface area contributed by atoms with Gasteiger partial charge >= 0.3 is 11.9 Å². The maximum Gasteiger partial charge on any atom is 0.326 e. The Kier molecular flexibility index (Phi) is 17.4. The monoisotopic (exact) mass is 415 g/mol. The summed E-state index contributed by atoms with van der Waals surface area (Å²) in [5.41, 5.74) is 0. The number of amides is 1. The highest BCUT2D eigenvalue weighted by atomic mass is 16.4. The minimum absolute atomic E-state index is 0.144. The summed E-state index contributed by atoms with van der Waals surface area (Å²) in [5.74, 6) is -2.99. The normalized spacial score (nSPS) is 13.0. The van der Waals surface area contributed by atoms with Gasteiger partial charge in [-0.25, -0.2) is 4.79 Å². The van der Waals surface area contributed by atoms with Crippen LogP contribution in [-0.4, -0.2) is 45.3 Å². The zero-order chi connectivity index (χ0) is 21.9. The summed E-state index contributed by atoms with van der Waals surface area (Å²) >= 11 is 0. The van der Waals surface area contributed by atoms with Gasteiger partial charge in [0.2, 0.25) is 5.91 Å². The highest BCUT2D eigenvalue weighted by molar-refractivity contribution is 5.86. The van der Waals surface area contributed by atoms with Crippen LogP contribution >= 0.6 is 0 Å². The predicted molar refractivity (Wildman–Crippen MR) is 113 cm³/mol. The van der Waals surface area contributed by atoms with Gasteiger partial charge < -0.3 is 20.6 Å². The van der Waals surface area contributed by atoms with Gasteiger partial charge in [0.25, 0.3) is 0 Å². The average Bonchev–Trinajstić information content (AvgIpc) is 2.65. The Morgan fingerprint density at radius 3 is 1.72 bits per heavy atom. The average molecular weight is 416 g/mol. The van der Waals surface area contributed by atoms with Crippen molar-refractivity contribution in [3.63, 3.8) is 0 Å². The molecule has 2 atom stereocenters. The van der Waals surface area contributed by atoms with Gasteiger partial charge in [0.15, 0.2) is 0 Å². The van der Waals surface area contributed by atoms with Gasteiger partial charge in [-0.3, -0.25) is 9.59 Å². The Morgan fingerprint density at radius 1 is 0.759 bits per heavy atom. The van der Waals surface area contributed by atoms with E-state index >= 15 is 0 Å². The van der Waals surface area contributed by atoms with Gasteiger partial charge in [-0.05, 0) is 19.3 Å². The molecule has 0 saturated heterocycles. The molecule has 0 saturated carbocycles. The number of rotatable bonds is 20. The summed E-state index contributed by atoms with van der Waals surface area (Å²) in [4.78, 5) is 33.2. The van der Waals surface area contributed by atoms with E-state index < -0.39 is 30.3 Å². The molecule has 4 N–H and O–H groups in total. The number of carbonyl (C=O) groups excluding carboxylic acids is 1. The van der Waals surface area contributed by atoms with Crippen LogP contribution in [0, 0.1) is 0 Å². The Hall–Kier alpha value is -1.63. The van der Waals surface area contributed by atoms with Gasteiger partial charge in [0.05, 0.1) is 12.5 Å². The van der Waals surface area contributed by atoms with Crippen LogP contribution in [0.4, 0.5) is 0 Å². The third-order valence-corrected chi connectivity index (χ3v) is 5.09. The van der Waals surface area contributed by atoms with E-state index in [0.717, 1.165) is 57.8 Å². The van der Waals surface area contributed by atoms with Crippen LogP contribution in [0.25, 0.3) is 0 Å². The van der Waals surface area contributed by atoms with E-state index in [1.165, 1.54) is 25.7 Å². The van der Waals surface area contributed by atoms with Crippen LogP contribution in [0.2, 0.25) is 0 Å². The van der Waals surface area contributed by atoms with Crippen LogP contribution in [0.3, 0.4) is 0 Å². The number of carbonyl (C=O) groups is 3. The number of aliphatic hydroxyl groups excluding tert-OH is 1. The molecule has 0 radical (unpaired) electrons. The molecule has 0 fully saturated rings. The molecule has 0 aromatic carbocycles. The maximum atomic E-state index is 11.7. The van der Waals surface area contributed by atoms with Crippen LogP contribution < -0.4 is 5.32 Å². The Labute approximate surface area is 175 Å². The lowest BCUT2D eigenvalue weighted by atomic mass is 10.0. The zero-order valence-electron chi connectivity index (χ0n) is 18.0. The lowest BCUT2D eigenvalue weighted by molar-refractivity contribution is -0.147. The second-order valence-corrected chi connectivity index (χ2v) is 7.93. The van der Waals surface area contributed by atoms with Crippen molar-refractivity contribution < 1.29 is 29.7 Å². The Balaban J connectivity index is 3.51. The van der Waals surface area contributed by atoms with E-state index in [-0.39, 0.29) is 12.5 Å². The van der Waals surface area contributed by atoms with E-state index in [4.69, 9.17) is 10.2 Å². The van der Waals surface area contributed by atoms with E-state index in [0.29, 0.717) is 6.42 Å². The van der Waals surface area contributed by atoms with Crippen molar-refractivity contribution >= 4 is 17.8 Å². The molecule has 0 rings (SSSR count). The number of aliphatic hydroxyl groups is 1. The van der Waals surface area contributed by atoms with Crippen LogP contribution in [0.15, 0.2) is 0 Å². The number of hydrogen-bond donors (Lipinski definition) is 4. The van der Waals surface area contributed by atoms with Crippen LogP contribution in [-0.2, 0) is 14.4 Å². The molecule has 2 unspecified atom stereocenters. The number of aliphatic carboxylic acids is 2. The van der Waals surface area contributed by atoms with E-state index in [1.54, 1.807) is 0 Å². The predicted octanol–water partition coefficient (Wildman–Crippen LogP) is 4.26. The van der Waals surface area contributed by atoms with Crippen LogP contribution in [0.5, 0.6) is 0 Å². The smallest absolute Gasteiger partial charge is 0.326 e. The summed E-state index contributed by atoms with van der Waals surface area (Å²) < 4.78 is 0. The van der Waals surface area contributed by atoms with Crippen molar-refractivity contribution in [1.29, 1.82) is 0 Å². The van der Waals surface area contributed by atoms with Crippen molar-refractivity contribution in [3.05, 3.63) is 0 Å².